The normalized spacial score (nSPS) is 12.7. The van der Waals surface area contributed by atoms with Crippen molar-refractivity contribution in [1.29, 1.82) is 0 Å². The van der Waals surface area contributed by atoms with Crippen LogP contribution in [0, 0.1) is 0 Å². The van der Waals surface area contributed by atoms with Crippen LogP contribution >= 0.6 is 11.8 Å². The third-order valence-electron chi connectivity index (χ3n) is 1.81. The van der Waals surface area contributed by atoms with Crippen molar-refractivity contribution in [1.82, 2.24) is 0 Å². The number of hydrogen-bond donors (Lipinski definition) is 2. The Bertz CT molecular complexity index is 294. The van der Waals surface area contributed by atoms with E-state index in [4.69, 9.17) is 10.5 Å². The minimum atomic E-state index is -0.420. The Morgan fingerprint density at radius 1 is 1.53 bits per heavy atom. The lowest BCUT2D eigenvalue weighted by molar-refractivity contribution is 0.0551. The summed E-state index contributed by atoms with van der Waals surface area (Å²) in [7, 11) is 0. The average Bonchev–Trinajstić information content (AvgIpc) is 2.23. The Kier molecular flexibility index (Phi) is 5.53. The molecule has 1 rings (SSSR count). The van der Waals surface area contributed by atoms with Gasteiger partial charge >= 0.3 is 0 Å². The summed E-state index contributed by atoms with van der Waals surface area (Å²) < 4.78 is 5.12. The zero-order valence-corrected chi connectivity index (χ0v) is 9.67. The second-order valence-corrected chi connectivity index (χ2v) is 4.29. The Hall–Kier alpha value is -0.710. The Labute approximate surface area is 94.6 Å². The Balaban J connectivity index is 2.30. The molecule has 0 radical (unpaired) electrons. The van der Waals surface area contributed by atoms with Gasteiger partial charge in [-0.2, -0.15) is 0 Å². The van der Waals surface area contributed by atoms with Crippen LogP contribution in [0.2, 0.25) is 0 Å². The lowest BCUT2D eigenvalue weighted by Gasteiger charge is -2.09. The van der Waals surface area contributed by atoms with Crippen LogP contribution in [0.4, 0.5) is 5.69 Å². The molecule has 1 aromatic carbocycles. The zero-order chi connectivity index (χ0) is 11.1. The number of aliphatic hydroxyl groups excluding tert-OH is 1. The van der Waals surface area contributed by atoms with Gasteiger partial charge < -0.3 is 15.6 Å². The highest BCUT2D eigenvalue weighted by molar-refractivity contribution is 7.99. The fourth-order valence-corrected chi connectivity index (χ4v) is 1.97. The fraction of sp³-hybridized carbons (Fsp3) is 0.455. The number of nitrogen functional groups attached to an aromatic ring is 1. The molecule has 0 heterocycles. The molecule has 84 valence electrons. The van der Waals surface area contributed by atoms with Gasteiger partial charge in [0.1, 0.15) is 0 Å². The summed E-state index contributed by atoms with van der Waals surface area (Å²) in [6.07, 6.45) is -0.420. The predicted molar refractivity (Wildman–Crippen MR) is 64.1 cm³/mol. The van der Waals surface area contributed by atoms with E-state index in [-0.39, 0.29) is 0 Å². The van der Waals surface area contributed by atoms with Crippen LogP contribution in [0.5, 0.6) is 0 Å². The van der Waals surface area contributed by atoms with Crippen molar-refractivity contribution in [2.24, 2.45) is 0 Å². The van der Waals surface area contributed by atoms with Crippen molar-refractivity contribution in [3.05, 3.63) is 24.3 Å². The highest BCUT2D eigenvalue weighted by atomic mass is 32.2. The highest BCUT2D eigenvalue weighted by Crippen LogP contribution is 2.20. The summed E-state index contributed by atoms with van der Waals surface area (Å²) in [6.45, 7) is 2.95. The number of nitrogens with two attached hydrogens (primary N) is 1. The first-order chi connectivity index (χ1) is 7.22. The van der Waals surface area contributed by atoms with E-state index in [1.807, 2.05) is 31.2 Å². The third-order valence-corrected chi connectivity index (χ3v) is 2.95. The largest absolute Gasteiger partial charge is 0.399 e. The molecule has 0 saturated heterocycles. The summed E-state index contributed by atoms with van der Waals surface area (Å²) in [5.41, 5.74) is 6.39. The number of thioether (sulfide) groups is 1. The molecule has 0 amide bonds. The van der Waals surface area contributed by atoms with Gasteiger partial charge in [-0.1, -0.05) is 6.07 Å². The smallest absolute Gasteiger partial charge is 0.0867 e. The van der Waals surface area contributed by atoms with Crippen LogP contribution in [0.1, 0.15) is 6.92 Å². The van der Waals surface area contributed by atoms with E-state index in [1.165, 1.54) is 0 Å². The molecule has 0 aliphatic rings. The van der Waals surface area contributed by atoms with Gasteiger partial charge in [0.2, 0.25) is 0 Å². The van der Waals surface area contributed by atoms with Gasteiger partial charge in [-0.25, -0.2) is 0 Å². The van der Waals surface area contributed by atoms with Crippen molar-refractivity contribution in [3.63, 3.8) is 0 Å². The predicted octanol–water partition coefficient (Wildman–Crippen LogP) is 1.76. The first-order valence-corrected chi connectivity index (χ1v) is 5.95. The maximum atomic E-state index is 9.53. The van der Waals surface area contributed by atoms with E-state index in [1.54, 1.807) is 11.8 Å². The number of ether oxygens (including phenoxy) is 1. The van der Waals surface area contributed by atoms with Gasteiger partial charge in [0.25, 0.3) is 0 Å². The topological polar surface area (TPSA) is 55.5 Å². The van der Waals surface area contributed by atoms with Gasteiger partial charge in [0, 0.05) is 22.9 Å². The first-order valence-electron chi connectivity index (χ1n) is 4.96. The molecule has 0 spiro atoms. The average molecular weight is 227 g/mol. The fourth-order valence-electron chi connectivity index (χ4n) is 1.10. The van der Waals surface area contributed by atoms with Crippen molar-refractivity contribution >= 4 is 17.4 Å². The number of aliphatic hydroxyl groups is 1. The van der Waals surface area contributed by atoms with Gasteiger partial charge in [0.05, 0.1) is 12.7 Å². The molecule has 0 aliphatic heterocycles. The van der Waals surface area contributed by atoms with Gasteiger partial charge in [-0.3, -0.25) is 0 Å². The van der Waals surface area contributed by atoms with E-state index < -0.39 is 6.10 Å². The highest BCUT2D eigenvalue weighted by Gasteiger charge is 2.04. The lowest BCUT2D eigenvalue weighted by Crippen LogP contribution is -2.17. The molecule has 1 atom stereocenters. The molecule has 3 N–H and O–H groups in total. The molecule has 4 heteroatoms. The number of rotatable bonds is 6. The summed E-state index contributed by atoms with van der Waals surface area (Å²) in [5.74, 6) is 0.628. The van der Waals surface area contributed by atoms with Crippen molar-refractivity contribution in [2.75, 3.05) is 24.7 Å². The third kappa shape index (κ3) is 5.06. The van der Waals surface area contributed by atoms with Crippen LogP contribution in [0.15, 0.2) is 29.2 Å². The maximum Gasteiger partial charge on any atom is 0.0867 e. The minimum absolute atomic E-state index is 0.395. The van der Waals surface area contributed by atoms with Gasteiger partial charge in [0.15, 0.2) is 0 Å². The molecule has 0 saturated carbocycles. The van der Waals surface area contributed by atoms with Crippen molar-refractivity contribution < 1.29 is 9.84 Å². The molecule has 0 aliphatic carbocycles. The Morgan fingerprint density at radius 2 is 2.33 bits per heavy atom. The summed E-state index contributed by atoms with van der Waals surface area (Å²) in [4.78, 5) is 1.07. The second-order valence-electron chi connectivity index (χ2n) is 3.20. The zero-order valence-electron chi connectivity index (χ0n) is 8.85. The summed E-state index contributed by atoms with van der Waals surface area (Å²) in [6, 6.07) is 7.64. The van der Waals surface area contributed by atoms with Gasteiger partial charge in [-0.15, -0.1) is 11.8 Å². The van der Waals surface area contributed by atoms with E-state index in [9.17, 15) is 5.11 Å². The molecule has 15 heavy (non-hydrogen) atoms. The van der Waals surface area contributed by atoms with Crippen LogP contribution in [-0.2, 0) is 4.74 Å². The molecule has 0 fully saturated rings. The molecule has 0 bridgehead atoms. The van der Waals surface area contributed by atoms with E-state index >= 15 is 0 Å². The van der Waals surface area contributed by atoms with Crippen LogP contribution < -0.4 is 5.73 Å². The van der Waals surface area contributed by atoms with E-state index in [0.717, 1.165) is 10.6 Å². The van der Waals surface area contributed by atoms with Crippen LogP contribution in [0.3, 0.4) is 0 Å². The quantitative estimate of drug-likeness (QED) is 0.574. The number of anilines is 1. The lowest BCUT2D eigenvalue weighted by atomic mass is 10.3. The number of benzene rings is 1. The van der Waals surface area contributed by atoms with E-state index in [0.29, 0.717) is 19.0 Å². The minimum Gasteiger partial charge on any atom is -0.399 e. The SMILES string of the molecule is CCOCC(O)CSc1cccc(N)c1. The van der Waals surface area contributed by atoms with E-state index in [2.05, 4.69) is 0 Å². The van der Waals surface area contributed by atoms with Crippen LogP contribution in [0.25, 0.3) is 0 Å². The second kappa shape index (κ2) is 6.71. The first kappa shape index (κ1) is 12.4. The van der Waals surface area contributed by atoms with Crippen LogP contribution in [-0.4, -0.2) is 30.2 Å². The molecular weight excluding hydrogens is 210 g/mol. The van der Waals surface area contributed by atoms with Crippen molar-refractivity contribution in [3.8, 4) is 0 Å². The maximum absolute atomic E-state index is 9.53. The Morgan fingerprint density at radius 3 is 3.00 bits per heavy atom. The molecule has 1 unspecified atom stereocenters. The molecule has 0 aromatic heterocycles. The molecular formula is C11H17NO2S. The standard InChI is InChI=1S/C11H17NO2S/c1-2-14-7-10(13)8-15-11-5-3-4-9(12)6-11/h3-6,10,13H,2,7-8,12H2,1H3. The summed E-state index contributed by atoms with van der Waals surface area (Å²) in [5, 5.41) is 9.53. The molecule has 1 aromatic rings. The number of hydrogen-bond acceptors (Lipinski definition) is 4. The van der Waals surface area contributed by atoms with Gasteiger partial charge in [-0.05, 0) is 25.1 Å². The van der Waals surface area contributed by atoms with Crippen molar-refractivity contribution in [2.45, 2.75) is 17.9 Å². The monoisotopic (exact) mass is 227 g/mol. The molecule has 3 nitrogen and oxygen atoms in total. The summed E-state index contributed by atoms with van der Waals surface area (Å²) >= 11 is 1.58.